The number of carbonyl (C=O) groups is 3. The topological polar surface area (TPSA) is 110 Å². The smallest absolute Gasteiger partial charge is 0.338 e. The van der Waals surface area contributed by atoms with Gasteiger partial charge in [-0.2, -0.15) is 4.31 Å². The quantitative estimate of drug-likeness (QED) is 0.332. The van der Waals surface area contributed by atoms with Gasteiger partial charge in [0.1, 0.15) is 0 Å². The number of sulfonamides is 1. The van der Waals surface area contributed by atoms with Crippen molar-refractivity contribution in [3.63, 3.8) is 0 Å². The number of hydrogen-bond donors (Lipinski definition) is 1. The number of halogens is 1. The second kappa shape index (κ2) is 11.7. The minimum absolute atomic E-state index is 0.0243. The van der Waals surface area contributed by atoms with Crippen LogP contribution in [0.15, 0.2) is 77.7 Å². The van der Waals surface area contributed by atoms with E-state index in [1.165, 1.54) is 46.8 Å². The van der Waals surface area contributed by atoms with Gasteiger partial charge in [-0.3, -0.25) is 9.59 Å². The summed E-state index contributed by atoms with van der Waals surface area (Å²) in [5.41, 5.74) is 1.21. The average Bonchev–Trinajstić information content (AvgIpc) is 2.93. The van der Waals surface area contributed by atoms with Crippen molar-refractivity contribution < 1.29 is 27.5 Å². The minimum Gasteiger partial charge on any atom is -0.452 e. The highest BCUT2D eigenvalue weighted by Crippen LogP contribution is 2.28. The standard InChI is InChI=1S/C27H25ClN2O6S/c28-23-14-13-22(37(34,35)30-15-5-2-6-16-30)17-24(23)29-25(31)18-36-27(33)21-11-9-20(10-12-21)26(32)19-7-3-1-4-8-19/h1,3-4,7-14,17H,2,5-6,15-16,18H2,(H,29,31). The van der Waals surface area contributed by atoms with Crippen LogP contribution in [0.2, 0.25) is 5.02 Å². The van der Waals surface area contributed by atoms with E-state index < -0.39 is 28.5 Å². The largest absolute Gasteiger partial charge is 0.452 e. The predicted molar refractivity (Wildman–Crippen MR) is 139 cm³/mol. The summed E-state index contributed by atoms with van der Waals surface area (Å²) in [5, 5.41) is 2.65. The summed E-state index contributed by atoms with van der Waals surface area (Å²) in [6.45, 7) is 0.289. The summed E-state index contributed by atoms with van der Waals surface area (Å²) < 4.78 is 32.4. The summed E-state index contributed by atoms with van der Waals surface area (Å²) in [4.78, 5) is 37.3. The van der Waals surface area contributed by atoms with Crippen molar-refractivity contribution in [3.05, 3.63) is 94.5 Å². The zero-order valence-electron chi connectivity index (χ0n) is 19.9. The van der Waals surface area contributed by atoms with E-state index in [1.54, 1.807) is 24.3 Å². The molecule has 0 unspecified atom stereocenters. The van der Waals surface area contributed by atoms with Crippen molar-refractivity contribution in [2.24, 2.45) is 0 Å². The Hall–Kier alpha value is -3.53. The highest BCUT2D eigenvalue weighted by Gasteiger charge is 2.26. The summed E-state index contributed by atoms with van der Waals surface area (Å²) in [5.74, 6) is -1.61. The molecule has 4 rings (SSSR count). The number of ketones is 1. The van der Waals surface area contributed by atoms with Gasteiger partial charge in [0.25, 0.3) is 5.91 Å². The molecule has 0 aromatic heterocycles. The number of hydrogen-bond acceptors (Lipinski definition) is 6. The summed E-state index contributed by atoms with van der Waals surface area (Å²) in [6, 6.07) is 18.8. The average molecular weight is 541 g/mol. The molecule has 0 aliphatic carbocycles. The van der Waals surface area contributed by atoms with Gasteiger partial charge >= 0.3 is 5.97 Å². The van der Waals surface area contributed by atoms with Gasteiger partial charge in [0, 0.05) is 24.2 Å². The Bertz CT molecular complexity index is 1400. The lowest BCUT2D eigenvalue weighted by atomic mass is 10.0. The van der Waals surface area contributed by atoms with Crippen LogP contribution in [0, 0.1) is 0 Å². The van der Waals surface area contributed by atoms with E-state index >= 15 is 0 Å². The molecule has 0 atom stereocenters. The number of piperidine rings is 1. The second-order valence-corrected chi connectivity index (χ2v) is 10.8. The molecule has 192 valence electrons. The molecular formula is C27H25ClN2O6S. The second-order valence-electron chi connectivity index (χ2n) is 8.50. The lowest BCUT2D eigenvalue weighted by Crippen LogP contribution is -2.35. The minimum atomic E-state index is -3.71. The first-order chi connectivity index (χ1) is 17.8. The van der Waals surface area contributed by atoms with Gasteiger partial charge in [-0.25, -0.2) is 13.2 Å². The fourth-order valence-corrected chi connectivity index (χ4v) is 5.64. The summed E-state index contributed by atoms with van der Waals surface area (Å²) in [6.07, 6.45) is 2.59. The van der Waals surface area contributed by atoms with Crippen LogP contribution in [-0.4, -0.2) is 50.1 Å². The lowest BCUT2D eigenvalue weighted by molar-refractivity contribution is -0.119. The van der Waals surface area contributed by atoms with Crippen LogP contribution in [0.25, 0.3) is 0 Å². The third-order valence-electron chi connectivity index (χ3n) is 5.92. The van der Waals surface area contributed by atoms with E-state index in [-0.39, 0.29) is 27.0 Å². The Morgan fingerprint density at radius 2 is 1.46 bits per heavy atom. The van der Waals surface area contributed by atoms with Crippen molar-refractivity contribution in [1.82, 2.24) is 4.31 Å². The van der Waals surface area contributed by atoms with E-state index in [4.69, 9.17) is 16.3 Å². The number of anilines is 1. The molecule has 10 heteroatoms. The van der Waals surface area contributed by atoms with Crippen LogP contribution in [0.5, 0.6) is 0 Å². The Morgan fingerprint density at radius 1 is 0.838 bits per heavy atom. The first kappa shape index (κ1) is 26.5. The van der Waals surface area contributed by atoms with E-state index in [0.29, 0.717) is 24.2 Å². The van der Waals surface area contributed by atoms with E-state index in [1.807, 2.05) is 6.07 Å². The Labute approximate surface area is 220 Å². The molecule has 0 saturated carbocycles. The molecule has 0 radical (unpaired) electrons. The number of carbonyl (C=O) groups excluding carboxylic acids is 3. The molecule has 1 amide bonds. The molecule has 0 spiro atoms. The maximum Gasteiger partial charge on any atom is 0.338 e. The molecule has 1 aliphatic rings. The van der Waals surface area contributed by atoms with Crippen LogP contribution in [0.4, 0.5) is 5.69 Å². The third kappa shape index (κ3) is 6.43. The van der Waals surface area contributed by atoms with Crippen molar-refractivity contribution in [1.29, 1.82) is 0 Å². The number of nitrogens with one attached hydrogen (secondary N) is 1. The number of benzene rings is 3. The molecule has 1 aliphatic heterocycles. The first-order valence-corrected chi connectivity index (χ1v) is 13.5. The molecule has 1 heterocycles. The zero-order valence-corrected chi connectivity index (χ0v) is 21.4. The first-order valence-electron chi connectivity index (χ1n) is 11.7. The third-order valence-corrected chi connectivity index (χ3v) is 8.14. The monoisotopic (exact) mass is 540 g/mol. The van der Waals surface area contributed by atoms with Crippen LogP contribution >= 0.6 is 11.6 Å². The molecule has 1 saturated heterocycles. The molecule has 3 aromatic carbocycles. The molecule has 37 heavy (non-hydrogen) atoms. The van der Waals surface area contributed by atoms with E-state index in [2.05, 4.69) is 5.32 Å². The van der Waals surface area contributed by atoms with Gasteiger partial charge in [-0.1, -0.05) is 60.5 Å². The highest BCUT2D eigenvalue weighted by atomic mass is 35.5. The van der Waals surface area contributed by atoms with Gasteiger partial charge < -0.3 is 10.1 Å². The van der Waals surface area contributed by atoms with Gasteiger partial charge in [0.2, 0.25) is 10.0 Å². The molecule has 1 N–H and O–H groups in total. The van der Waals surface area contributed by atoms with Crippen molar-refractivity contribution in [2.45, 2.75) is 24.2 Å². The lowest BCUT2D eigenvalue weighted by Gasteiger charge is -2.26. The maximum atomic E-state index is 12.9. The molecule has 1 fully saturated rings. The predicted octanol–water partition coefficient (Wildman–Crippen LogP) is 4.54. The highest BCUT2D eigenvalue weighted by molar-refractivity contribution is 7.89. The Balaban J connectivity index is 1.36. The molecular weight excluding hydrogens is 516 g/mol. The zero-order chi connectivity index (χ0) is 26.4. The molecule has 8 nitrogen and oxygen atoms in total. The van der Waals surface area contributed by atoms with Crippen molar-refractivity contribution >= 4 is 45.0 Å². The van der Waals surface area contributed by atoms with Crippen molar-refractivity contribution in [3.8, 4) is 0 Å². The fraction of sp³-hybridized carbons (Fsp3) is 0.222. The van der Waals surface area contributed by atoms with E-state index in [9.17, 15) is 22.8 Å². The number of ether oxygens (including phenoxy) is 1. The van der Waals surface area contributed by atoms with Gasteiger partial charge in [-0.15, -0.1) is 0 Å². The molecule has 3 aromatic rings. The van der Waals surface area contributed by atoms with Gasteiger partial charge in [0.05, 0.1) is 21.2 Å². The van der Waals surface area contributed by atoms with Crippen molar-refractivity contribution in [2.75, 3.05) is 25.0 Å². The summed E-state index contributed by atoms with van der Waals surface area (Å²) >= 11 is 6.16. The number of esters is 1. The van der Waals surface area contributed by atoms with Crippen LogP contribution < -0.4 is 5.32 Å². The normalized spacial score (nSPS) is 14.1. The molecule has 0 bridgehead atoms. The van der Waals surface area contributed by atoms with Gasteiger partial charge in [0.15, 0.2) is 12.4 Å². The fourth-order valence-electron chi connectivity index (χ4n) is 3.93. The number of nitrogens with zero attached hydrogens (tertiary/aromatic N) is 1. The Kier molecular flexibility index (Phi) is 8.38. The summed E-state index contributed by atoms with van der Waals surface area (Å²) in [7, 11) is -3.71. The van der Waals surface area contributed by atoms with Crippen LogP contribution in [0.1, 0.15) is 45.5 Å². The SMILES string of the molecule is O=C(COC(=O)c1ccc(C(=O)c2ccccc2)cc1)Nc1cc(S(=O)(=O)N2CCCCC2)ccc1Cl. The number of rotatable bonds is 8. The Morgan fingerprint density at radius 3 is 2.14 bits per heavy atom. The van der Waals surface area contributed by atoms with Gasteiger partial charge in [-0.05, 0) is 43.2 Å². The maximum absolute atomic E-state index is 12.9. The van der Waals surface area contributed by atoms with E-state index in [0.717, 1.165) is 19.3 Å². The van der Waals surface area contributed by atoms with Crippen LogP contribution in [-0.2, 0) is 19.6 Å². The number of amides is 1. The van der Waals surface area contributed by atoms with Crippen LogP contribution in [0.3, 0.4) is 0 Å².